The molecule has 9 aromatic rings. The third kappa shape index (κ3) is 6.42. The van der Waals surface area contributed by atoms with Crippen LogP contribution in [-0.2, 0) is 0 Å². The Balaban J connectivity index is 0.000000166. The summed E-state index contributed by atoms with van der Waals surface area (Å²) in [5.74, 6) is 0. The van der Waals surface area contributed by atoms with E-state index >= 15 is 0 Å². The minimum Gasteiger partial charge on any atom is -0.456 e. The fourth-order valence-corrected chi connectivity index (χ4v) is 7.67. The van der Waals surface area contributed by atoms with Crippen molar-refractivity contribution >= 4 is 71.2 Å². The maximum Gasteiger partial charge on any atom is 0.136 e. The van der Waals surface area contributed by atoms with Crippen LogP contribution in [0.5, 0.6) is 0 Å². The zero-order chi connectivity index (χ0) is 36.3. The van der Waals surface area contributed by atoms with Crippen LogP contribution >= 0.6 is 0 Å². The van der Waals surface area contributed by atoms with Crippen molar-refractivity contribution in [2.75, 3.05) is 0 Å². The maximum atomic E-state index is 6.43. The summed E-state index contributed by atoms with van der Waals surface area (Å²) in [6.45, 7) is 10.5. The molecule has 0 aliphatic heterocycles. The number of fused-ring (bicyclic) bond motifs is 5. The van der Waals surface area contributed by atoms with Gasteiger partial charge < -0.3 is 4.42 Å². The first kappa shape index (κ1) is 33.9. The summed E-state index contributed by atoms with van der Waals surface area (Å²) in [5, 5.41) is 10.0. The molecule has 0 radical (unpaired) electrons. The van der Waals surface area contributed by atoms with E-state index in [1.807, 2.05) is 12.1 Å². The van der Waals surface area contributed by atoms with E-state index in [4.69, 9.17) is 9.41 Å². The summed E-state index contributed by atoms with van der Waals surface area (Å²) in [7, 11) is 0. The second-order valence-corrected chi connectivity index (χ2v) is 13.8. The molecule has 258 valence electrons. The molecule has 0 bridgehead atoms. The maximum absolute atomic E-state index is 6.43. The Morgan fingerprint density at radius 1 is 0.566 bits per heavy atom. The Labute approximate surface area is 311 Å². The Kier molecular flexibility index (Phi) is 9.44. The summed E-state index contributed by atoms with van der Waals surface area (Å²) in [4.78, 5) is 4.97. The highest BCUT2D eigenvalue weighted by Crippen LogP contribution is 2.46. The van der Waals surface area contributed by atoms with Crippen LogP contribution in [0.4, 0.5) is 0 Å². The Morgan fingerprint density at radius 2 is 1.17 bits per heavy atom. The van der Waals surface area contributed by atoms with E-state index in [9.17, 15) is 0 Å². The largest absolute Gasteiger partial charge is 0.456 e. The molecular formula is C51H43NO. The van der Waals surface area contributed by atoms with Crippen LogP contribution in [0, 0.1) is 0 Å². The van der Waals surface area contributed by atoms with Gasteiger partial charge in [0.25, 0.3) is 0 Å². The third-order valence-corrected chi connectivity index (χ3v) is 10.1. The molecule has 0 saturated heterocycles. The molecule has 9 rings (SSSR count). The molecule has 8 aromatic carbocycles. The number of hydrogen-bond acceptors (Lipinski definition) is 2. The van der Waals surface area contributed by atoms with E-state index in [1.165, 1.54) is 76.6 Å². The highest BCUT2D eigenvalue weighted by atomic mass is 16.3. The summed E-state index contributed by atoms with van der Waals surface area (Å²) in [5.41, 5.74) is 11.2. The van der Waals surface area contributed by atoms with Crippen LogP contribution < -0.4 is 0 Å². The first-order chi connectivity index (χ1) is 26.1. The van der Waals surface area contributed by atoms with Crippen molar-refractivity contribution in [1.29, 1.82) is 0 Å². The van der Waals surface area contributed by atoms with Gasteiger partial charge in [-0.25, -0.2) is 0 Å². The fraction of sp³-hybridized carbons (Fsp3) is 0.118. The number of furan rings is 1. The fourth-order valence-electron chi connectivity index (χ4n) is 7.67. The van der Waals surface area contributed by atoms with E-state index in [0.717, 1.165) is 41.7 Å². The lowest BCUT2D eigenvalue weighted by molar-refractivity contribution is 0.670. The number of allylic oxidation sites excluding steroid dienone is 2. The summed E-state index contributed by atoms with van der Waals surface area (Å²) in [6.07, 6.45) is 5.29. The van der Waals surface area contributed by atoms with Crippen molar-refractivity contribution < 1.29 is 4.42 Å². The molecule has 2 nitrogen and oxygen atoms in total. The first-order valence-corrected chi connectivity index (χ1v) is 18.7. The standard InChI is InChI=1S/C31H20O.C20H23N/c1-18(2)19-8-5-9-20(16-19)21-12-6-13-25-26(21)17-28-31-29(25)23-11-4-3-10-22(23)24-14-7-15-27(32-28)30(24)31;1-3-11-19(17-13-7-5-8-14-17)21-20(12-4-2)18-15-9-6-10-16-18/h3-17H,1H2,2H3;5-11,13-16H,3-4,12H2,1-2H3/b;19-11+,21-20?. The topological polar surface area (TPSA) is 25.5 Å². The van der Waals surface area contributed by atoms with E-state index in [-0.39, 0.29) is 0 Å². The monoisotopic (exact) mass is 685 g/mol. The van der Waals surface area contributed by atoms with Crippen LogP contribution in [0.15, 0.2) is 174 Å². The molecule has 1 heterocycles. The summed E-state index contributed by atoms with van der Waals surface area (Å²) in [6, 6.07) is 53.5. The zero-order valence-corrected chi connectivity index (χ0v) is 30.7. The van der Waals surface area contributed by atoms with Gasteiger partial charge in [-0.1, -0.05) is 172 Å². The van der Waals surface area contributed by atoms with Crippen molar-refractivity contribution in [1.82, 2.24) is 0 Å². The molecule has 53 heavy (non-hydrogen) atoms. The van der Waals surface area contributed by atoms with Gasteiger partial charge in [0.1, 0.15) is 11.2 Å². The van der Waals surface area contributed by atoms with E-state index < -0.39 is 0 Å². The smallest absolute Gasteiger partial charge is 0.136 e. The Hall–Kier alpha value is -6.25. The molecule has 1 aromatic heterocycles. The van der Waals surface area contributed by atoms with Crippen LogP contribution in [0.2, 0.25) is 0 Å². The lowest BCUT2D eigenvalue weighted by Gasteiger charge is -2.13. The number of rotatable bonds is 8. The van der Waals surface area contributed by atoms with Gasteiger partial charge in [0, 0.05) is 21.9 Å². The van der Waals surface area contributed by atoms with Gasteiger partial charge in [-0.15, -0.1) is 0 Å². The lowest BCUT2D eigenvalue weighted by atomic mass is 9.88. The number of nitrogens with zero attached hydrogens (tertiary/aromatic N) is 1. The van der Waals surface area contributed by atoms with Gasteiger partial charge in [-0.05, 0) is 92.7 Å². The molecule has 0 fully saturated rings. The molecular weight excluding hydrogens is 643 g/mol. The van der Waals surface area contributed by atoms with Gasteiger partial charge in [0.15, 0.2) is 0 Å². The minimum atomic E-state index is 0.952. The number of aliphatic imine (C=N–C) groups is 1. The molecule has 0 unspecified atom stereocenters. The van der Waals surface area contributed by atoms with Gasteiger partial charge in [-0.3, -0.25) is 4.99 Å². The van der Waals surface area contributed by atoms with Crippen molar-refractivity contribution in [3.05, 3.63) is 181 Å². The zero-order valence-electron chi connectivity index (χ0n) is 30.7. The van der Waals surface area contributed by atoms with Crippen molar-refractivity contribution in [2.45, 2.75) is 40.0 Å². The summed E-state index contributed by atoms with van der Waals surface area (Å²) >= 11 is 0. The molecule has 0 aliphatic rings. The average Bonchev–Trinajstić information content (AvgIpc) is 3.59. The van der Waals surface area contributed by atoms with E-state index in [0.29, 0.717) is 0 Å². The number of hydrogen-bond donors (Lipinski definition) is 0. The highest BCUT2D eigenvalue weighted by Gasteiger charge is 2.20. The second-order valence-electron chi connectivity index (χ2n) is 13.8. The molecule has 0 spiro atoms. The Morgan fingerprint density at radius 3 is 1.89 bits per heavy atom. The van der Waals surface area contributed by atoms with E-state index in [1.54, 1.807) is 0 Å². The molecule has 2 heteroatoms. The normalized spacial score (nSPS) is 12.2. The molecule has 0 saturated carbocycles. The van der Waals surface area contributed by atoms with Crippen LogP contribution in [0.1, 0.15) is 56.7 Å². The van der Waals surface area contributed by atoms with Gasteiger partial charge in [0.2, 0.25) is 0 Å². The summed E-state index contributed by atoms with van der Waals surface area (Å²) < 4.78 is 6.43. The predicted molar refractivity (Wildman–Crippen MR) is 230 cm³/mol. The second kappa shape index (κ2) is 14.8. The van der Waals surface area contributed by atoms with Gasteiger partial charge in [0.05, 0.1) is 5.70 Å². The van der Waals surface area contributed by atoms with Crippen molar-refractivity contribution in [3.8, 4) is 11.1 Å². The minimum absolute atomic E-state index is 0.952. The van der Waals surface area contributed by atoms with E-state index in [2.05, 4.69) is 173 Å². The van der Waals surface area contributed by atoms with Crippen LogP contribution in [0.3, 0.4) is 0 Å². The predicted octanol–water partition coefficient (Wildman–Crippen LogP) is 14.9. The lowest BCUT2D eigenvalue weighted by Crippen LogP contribution is -2.01. The van der Waals surface area contributed by atoms with Crippen LogP contribution in [0.25, 0.3) is 76.7 Å². The first-order valence-electron chi connectivity index (χ1n) is 18.7. The molecule has 0 amide bonds. The Bertz CT molecular complexity index is 2780. The van der Waals surface area contributed by atoms with Crippen molar-refractivity contribution in [3.63, 3.8) is 0 Å². The third-order valence-electron chi connectivity index (χ3n) is 10.1. The van der Waals surface area contributed by atoms with Crippen LogP contribution in [-0.4, -0.2) is 5.71 Å². The molecule has 0 N–H and O–H groups in total. The van der Waals surface area contributed by atoms with Gasteiger partial charge in [-0.2, -0.15) is 0 Å². The highest BCUT2D eigenvalue weighted by molar-refractivity contribution is 6.38. The number of benzene rings is 8. The molecule has 0 aliphatic carbocycles. The molecule has 0 atom stereocenters. The van der Waals surface area contributed by atoms with Gasteiger partial charge >= 0.3 is 0 Å². The van der Waals surface area contributed by atoms with Crippen molar-refractivity contribution in [2.24, 2.45) is 4.99 Å². The quantitative estimate of drug-likeness (QED) is 0.115. The SMILES string of the molecule is C=C(C)c1cccc(-c2cccc3c2cc2oc4cccc5c6ccccc6c3c2c45)c1.CC/C=C(/N=C(CCC)c1ccccc1)c1ccccc1. The average molecular weight is 686 g/mol.